The summed E-state index contributed by atoms with van der Waals surface area (Å²) in [4.78, 5) is 0.223. The Hall–Kier alpha value is -1.11. The number of hydrogen-bond acceptors (Lipinski definition) is 4. The number of nitrogen functional groups attached to an aromatic ring is 1. The van der Waals surface area contributed by atoms with Crippen molar-refractivity contribution in [2.75, 3.05) is 12.3 Å². The van der Waals surface area contributed by atoms with Crippen LogP contribution in [0.5, 0.6) is 0 Å². The minimum Gasteiger partial charge on any atom is -0.399 e. The highest BCUT2D eigenvalue weighted by Gasteiger charge is 2.20. The van der Waals surface area contributed by atoms with Crippen molar-refractivity contribution in [2.24, 2.45) is 0 Å². The van der Waals surface area contributed by atoms with Crippen LogP contribution >= 0.6 is 0 Å². The highest BCUT2D eigenvalue weighted by atomic mass is 32.2. The summed E-state index contributed by atoms with van der Waals surface area (Å²) < 4.78 is 27.2. The van der Waals surface area contributed by atoms with Gasteiger partial charge in [-0.05, 0) is 56.9 Å². The van der Waals surface area contributed by atoms with Gasteiger partial charge in [-0.15, -0.1) is 0 Å². The average molecular weight is 286 g/mol. The minimum atomic E-state index is -3.58. The molecule has 6 heteroatoms. The lowest BCUT2D eigenvalue weighted by Gasteiger charge is -2.16. The second kappa shape index (κ2) is 6.36. The molecule has 0 amide bonds. The number of aryl methyl sites for hydroxylation is 1. The monoisotopic (exact) mass is 286 g/mol. The van der Waals surface area contributed by atoms with E-state index in [2.05, 4.69) is 4.72 Å². The molecule has 1 unspecified atom stereocenters. The largest absolute Gasteiger partial charge is 0.399 e. The van der Waals surface area contributed by atoms with Gasteiger partial charge in [0.2, 0.25) is 10.0 Å². The van der Waals surface area contributed by atoms with Crippen LogP contribution in [-0.2, 0) is 10.0 Å². The average Bonchev–Trinajstić information content (AvgIpc) is 2.30. The van der Waals surface area contributed by atoms with E-state index in [0.717, 1.165) is 5.56 Å². The van der Waals surface area contributed by atoms with E-state index in [9.17, 15) is 8.42 Å². The van der Waals surface area contributed by atoms with Crippen LogP contribution in [0.4, 0.5) is 5.69 Å². The van der Waals surface area contributed by atoms with Crippen LogP contribution < -0.4 is 10.5 Å². The molecule has 0 heterocycles. The van der Waals surface area contributed by atoms with Gasteiger partial charge in [0, 0.05) is 18.3 Å². The standard InChI is InChI=1S/C13H22N2O3S/c1-9-7-12(14)8-13(11(9)3)19(17,18)15-10(2)5-4-6-16/h7-8,10,15-16H,4-6,14H2,1-3H3. The molecular formula is C13H22N2O3S. The molecular weight excluding hydrogens is 264 g/mol. The van der Waals surface area contributed by atoms with Crippen LogP contribution in [-0.4, -0.2) is 26.2 Å². The summed E-state index contributed by atoms with van der Waals surface area (Å²) in [6.07, 6.45) is 1.16. The summed E-state index contributed by atoms with van der Waals surface area (Å²) in [5.74, 6) is 0. The smallest absolute Gasteiger partial charge is 0.241 e. The fourth-order valence-corrected chi connectivity index (χ4v) is 3.55. The first-order chi connectivity index (χ1) is 8.77. The van der Waals surface area contributed by atoms with Crippen molar-refractivity contribution in [1.82, 2.24) is 4.72 Å². The first-order valence-electron chi connectivity index (χ1n) is 6.28. The molecule has 0 aliphatic heterocycles. The number of aliphatic hydroxyl groups excluding tert-OH is 1. The lowest BCUT2D eigenvalue weighted by Crippen LogP contribution is -2.33. The van der Waals surface area contributed by atoms with Crippen molar-refractivity contribution >= 4 is 15.7 Å². The Morgan fingerprint density at radius 1 is 1.37 bits per heavy atom. The van der Waals surface area contributed by atoms with Gasteiger partial charge < -0.3 is 10.8 Å². The van der Waals surface area contributed by atoms with Gasteiger partial charge in [0.1, 0.15) is 0 Å². The predicted molar refractivity (Wildman–Crippen MR) is 76.4 cm³/mol. The number of nitrogens with two attached hydrogens (primary N) is 1. The molecule has 0 saturated heterocycles. The highest BCUT2D eigenvalue weighted by molar-refractivity contribution is 7.89. The van der Waals surface area contributed by atoms with Gasteiger partial charge >= 0.3 is 0 Å². The van der Waals surface area contributed by atoms with E-state index in [1.165, 1.54) is 6.07 Å². The zero-order valence-electron chi connectivity index (χ0n) is 11.6. The Morgan fingerprint density at radius 3 is 2.58 bits per heavy atom. The summed E-state index contributed by atoms with van der Waals surface area (Å²) in [6, 6.07) is 3.01. The third-order valence-corrected chi connectivity index (χ3v) is 4.80. The molecule has 0 bridgehead atoms. The molecule has 0 saturated carbocycles. The van der Waals surface area contributed by atoms with Crippen molar-refractivity contribution in [1.29, 1.82) is 0 Å². The quantitative estimate of drug-likeness (QED) is 0.688. The maximum Gasteiger partial charge on any atom is 0.241 e. The number of nitrogens with one attached hydrogen (secondary N) is 1. The summed E-state index contributed by atoms with van der Waals surface area (Å²) in [6.45, 7) is 5.44. The second-order valence-electron chi connectivity index (χ2n) is 4.85. The van der Waals surface area contributed by atoms with Gasteiger partial charge in [0.25, 0.3) is 0 Å². The Kier molecular flexibility index (Phi) is 5.34. The molecule has 0 aliphatic carbocycles. The minimum absolute atomic E-state index is 0.0580. The maximum atomic E-state index is 12.3. The Labute approximate surface area is 114 Å². The molecule has 108 valence electrons. The van der Waals surface area contributed by atoms with Crippen LogP contribution in [0.2, 0.25) is 0 Å². The van der Waals surface area contributed by atoms with Gasteiger partial charge in [-0.25, -0.2) is 13.1 Å². The Bertz CT molecular complexity index is 541. The first kappa shape index (κ1) is 15.9. The van der Waals surface area contributed by atoms with Gasteiger partial charge in [-0.2, -0.15) is 0 Å². The summed E-state index contributed by atoms with van der Waals surface area (Å²) in [5.41, 5.74) is 7.70. The van der Waals surface area contributed by atoms with Crippen molar-refractivity contribution < 1.29 is 13.5 Å². The van der Waals surface area contributed by atoms with Crippen LogP contribution in [0.15, 0.2) is 17.0 Å². The van der Waals surface area contributed by atoms with Gasteiger partial charge in [0.15, 0.2) is 0 Å². The number of sulfonamides is 1. The van der Waals surface area contributed by atoms with E-state index in [0.29, 0.717) is 24.1 Å². The van der Waals surface area contributed by atoms with Gasteiger partial charge in [-0.1, -0.05) is 0 Å². The Morgan fingerprint density at radius 2 is 2.00 bits per heavy atom. The number of aliphatic hydroxyl groups is 1. The maximum absolute atomic E-state index is 12.3. The van der Waals surface area contributed by atoms with Crippen LogP contribution in [0.1, 0.15) is 30.9 Å². The lowest BCUT2D eigenvalue weighted by molar-refractivity contribution is 0.279. The summed E-state index contributed by atoms with van der Waals surface area (Å²) in [7, 11) is -3.58. The highest BCUT2D eigenvalue weighted by Crippen LogP contribution is 2.22. The second-order valence-corrected chi connectivity index (χ2v) is 6.53. The van der Waals surface area contributed by atoms with Crippen LogP contribution in [0, 0.1) is 13.8 Å². The third kappa shape index (κ3) is 4.19. The van der Waals surface area contributed by atoms with Crippen molar-refractivity contribution in [3.8, 4) is 0 Å². The fraction of sp³-hybridized carbons (Fsp3) is 0.538. The third-order valence-electron chi connectivity index (χ3n) is 3.08. The molecule has 0 fully saturated rings. The van der Waals surface area contributed by atoms with Crippen molar-refractivity contribution in [3.63, 3.8) is 0 Å². The number of hydrogen-bond donors (Lipinski definition) is 3. The number of anilines is 1. The number of rotatable bonds is 6. The van der Waals surface area contributed by atoms with Crippen LogP contribution in [0.25, 0.3) is 0 Å². The van der Waals surface area contributed by atoms with E-state index in [4.69, 9.17) is 10.8 Å². The van der Waals surface area contributed by atoms with E-state index in [1.807, 2.05) is 6.92 Å². The molecule has 0 spiro atoms. The van der Waals surface area contributed by atoms with Crippen LogP contribution in [0.3, 0.4) is 0 Å². The van der Waals surface area contributed by atoms with Gasteiger partial charge in [0.05, 0.1) is 4.90 Å². The fourth-order valence-electron chi connectivity index (χ4n) is 1.92. The topological polar surface area (TPSA) is 92.4 Å². The van der Waals surface area contributed by atoms with E-state index >= 15 is 0 Å². The van der Waals surface area contributed by atoms with Gasteiger partial charge in [-0.3, -0.25) is 0 Å². The molecule has 0 aliphatic rings. The normalized spacial score (nSPS) is 13.5. The van der Waals surface area contributed by atoms with Crippen molar-refractivity contribution in [2.45, 2.75) is 44.6 Å². The molecule has 5 nitrogen and oxygen atoms in total. The predicted octanol–water partition coefficient (Wildman–Crippen LogP) is 1.32. The zero-order valence-corrected chi connectivity index (χ0v) is 12.4. The van der Waals surface area contributed by atoms with Crippen molar-refractivity contribution in [3.05, 3.63) is 23.3 Å². The summed E-state index contributed by atoms with van der Waals surface area (Å²) >= 11 is 0. The Balaban J connectivity index is 3.01. The molecule has 0 radical (unpaired) electrons. The zero-order chi connectivity index (χ0) is 14.6. The molecule has 1 atom stereocenters. The molecule has 0 aromatic heterocycles. The molecule has 1 rings (SSSR count). The van der Waals surface area contributed by atoms with E-state index in [1.54, 1.807) is 19.9 Å². The molecule has 1 aromatic rings. The molecule has 1 aromatic carbocycles. The van der Waals surface area contributed by atoms with E-state index in [-0.39, 0.29) is 17.5 Å². The molecule has 19 heavy (non-hydrogen) atoms. The van der Waals surface area contributed by atoms with E-state index < -0.39 is 10.0 Å². The SMILES string of the molecule is Cc1cc(N)cc(S(=O)(=O)NC(C)CCCO)c1C. The molecule has 4 N–H and O–H groups in total. The number of benzene rings is 1. The first-order valence-corrected chi connectivity index (χ1v) is 7.76. The lowest BCUT2D eigenvalue weighted by atomic mass is 10.1. The summed E-state index contributed by atoms with van der Waals surface area (Å²) in [5, 5.41) is 8.75.